The molecule has 0 fully saturated rings. The number of carbonyl (C=O) groups excluding carboxylic acids is 1. The van der Waals surface area contributed by atoms with Crippen LogP contribution in [0.1, 0.15) is 18.1 Å². The van der Waals surface area contributed by atoms with Crippen molar-refractivity contribution in [3.05, 3.63) is 47.5 Å². The lowest BCUT2D eigenvalue weighted by molar-refractivity contribution is -0.122. The van der Waals surface area contributed by atoms with E-state index in [1.165, 1.54) is 11.1 Å². The molecule has 0 bridgehead atoms. The average molecular weight is 415 g/mol. The van der Waals surface area contributed by atoms with Crippen LogP contribution in [0, 0.1) is 0 Å². The van der Waals surface area contributed by atoms with Crippen LogP contribution in [0.4, 0.5) is 0 Å². The van der Waals surface area contributed by atoms with Crippen molar-refractivity contribution < 1.29 is 23.7 Å². The van der Waals surface area contributed by atoms with Crippen LogP contribution in [0.15, 0.2) is 36.4 Å². The lowest BCUT2D eigenvalue weighted by atomic mass is 9.99. The topological polar surface area (TPSA) is 69.3 Å². The average Bonchev–Trinajstić information content (AvgIpc) is 2.77. The SMILES string of the molecule is CCOc1ccc(OCCNC(=O)CN2CCc3cc(OC)c(OC)cc3C2)cc1. The Hall–Kier alpha value is -2.93. The number of hydrogen-bond acceptors (Lipinski definition) is 6. The predicted octanol–water partition coefficient (Wildman–Crippen LogP) is 2.66. The second kappa shape index (κ2) is 10.7. The Morgan fingerprint density at radius 1 is 1.00 bits per heavy atom. The molecule has 0 atom stereocenters. The summed E-state index contributed by atoms with van der Waals surface area (Å²) < 4.78 is 21.8. The molecule has 1 amide bonds. The quantitative estimate of drug-likeness (QED) is 0.603. The minimum absolute atomic E-state index is 0.00535. The molecule has 3 rings (SSSR count). The molecule has 1 aliphatic rings. The molecule has 162 valence electrons. The summed E-state index contributed by atoms with van der Waals surface area (Å²) in [6.07, 6.45) is 0.879. The Balaban J connectivity index is 1.41. The molecule has 0 spiro atoms. The number of rotatable bonds is 10. The number of amides is 1. The zero-order valence-electron chi connectivity index (χ0n) is 17.9. The highest BCUT2D eigenvalue weighted by molar-refractivity contribution is 5.78. The molecule has 0 saturated carbocycles. The van der Waals surface area contributed by atoms with Gasteiger partial charge in [-0.25, -0.2) is 0 Å². The van der Waals surface area contributed by atoms with E-state index in [4.69, 9.17) is 18.9 Å². The molecular weight excluding hydrogens is 384 g/mol. The van der Waals surface area contributed by atoms with Gasteiger partial charge in [0.25, 0.3) is 0 Å². The zero-order chi connectivity index (χ0) is 21.3. The van der Waals surface area contributed by atoms with Gasteiger partial charge in [0.1, 0.15) is 18.1 Å². The van der Waals surface area contributed by atoms with Crippen LogP contribution < -0.4 is 24.3 Å². The molecule has 2 aromatic rings. The number of benzene rings is 2. The molecule has 1 aliphatic heterocycles. The third kappa shape index (κ3) is 5.79. The van der Waals surface area contributed by atoms with Crippen LogP contribution in [-0.4, -0.2) is 57.9 Å². The van der Waals surface area contributed by atoms with E-state index in [1.807, 2.05) is 43.3 Å². The summed E-state index contributed by atoms with van der Waals surface area (Å²) in [6.45, 7) is 5.36. The molecule has 0 saturated heterocycles. The summed E-state index contributed by atoms with van der Waals surface area (Å²) in [5, 5.41) is 2.92. The van der Waals surface area contributed by atoms with Gasteiger partial charge in [-0.15, -0.1) is 0 Å². The largest absolute Gasteiger partial charge is 0.494 e. The van der Waals surface area contributed by atoms with Crippen LogP contribution in [0.3, 0.4) is 0 Å². The summed E-state index contributed by atoms with van der Waals surface area (Å²) >= 11 is 0. The maximum Gasteiger partial charge on any atom is 0.234 e. The maximum atomic E-state index is 12.3. The second-order valence-electron chi connectivity index (χ2n) is 7.04. The number of nitrogens with one attached hydrogen (secondary N) is 1. The Morgan fingerprint density at radius 3 is 2.27 bits per heavy atom. The van der Waals surface area contributed by atoms with Gasteiger partial charge in [0.2, 0.25) is 5.91 Å². The number of hydrogen-bond donors (Lipinski definition) is 1. The van der Waals surface area contributed by atoms with Crippen molar-refractivity contribution in [2.24, 2.45) is 0 Å². The number of nitrogens with zero attached hydrogens (tertiary/aromatic N) is 1. The van der Waals surface area contributed by atoms with Crippen molar-refractivity contribution in [1.82, 2.24) is 10.2 Å². The molecule has 0 aromatic heterocycles. The highest BCUT2D eigenvalue weighted by atomic mass is 16.5. The van der Waals surface area contributed by atoms with Gasteiger partial charge >= 0.3 is 0 Å². The van der Waals surface area contributed by atoms with Gasteiger partial charge in [0.05, 0.1) is 33.9 Å². The second-order valence-corrected chi connectivity index (χ2v) is 7.04. The normalized spacial score (nSPS) is 13.3. The minimum atomic E-state index is -0.00535. The number of methoxy groups -OCH3 is 2. The molecule has 7 nitrogen and oxygen atoms in total. The van der Waals surface area contributed by atoms with Crippen LogP contribution in [-0.2, 0) is 17.8 Å². The van der Waals surface area contributed by atoms with Crippen molar-refractivity contribution in [3.63, 3.8) is 0 Å². The highest BCUT2D eigenvalue weighted by Gasteiger charge is 2.21. The van der Waals surface area contributed by atoms with Gasteiger partial charge in [-0.3, -0.25) is 9.69 Å². The van der Waals surface area contributed by atoms with Crippen molar-refractivity contribution in [1.29, 1.82) is 0 Å². The minimum Gasteiger partial charge on any atom is -0.494 e. The van der Waals surface area contributed by atoms with Crippen molar-refractivity contribution in [2.75, 3.05) is 47.1 Å². The van der Waals surface area contributed by atoms with E-state index >= 15 is 0 Å². The molecule has 2 aromatic carbocycles. The van der Waals surface area contributed by atoms with Gasteiger partial charge in [0.15, 0.2) is 11.5 Å². The molecular formula is C23H30N2O5. The number of ether oxygens (including phenoxy) is 4. The van der Waals surface area contributed by atoms with E-state index in [-0.39, 0.29) is 5.91 Å². The molecule has 0 unspecified atom stereocenters. The standard InChI is InChI=1S/C23H30N2O5/c1-4-29-19-5-7-20(8-6-19)30-12-10-24-23(26)16-25-11-9-17-13-21(27-2)22(28-3)14-18(17)15-25/h5-8,13-14H,4,9-12,15-16H2,1-3H3,(H,24,26). The first kappa shape index (κ1) is 21.8. The van der Waals surface area contributed by atoms with E-state index in [9.17, 15) is 4.79 Å². The fourth-order valence-electron chi connectivity index (χ4n) is 3.49. The van der Waals surface area contributed by atoms with Crippen molar-refractivity contribution in [3.8, 4) is 23.0 Å². The van der Waals surface area contributed by atoms with Crippen LogP contribution in [0.2, 0.25) is 0 Å². The summed E-state index contributed by atoms with van der Waals surface area (Å²) in [4.78, 5) is 14.4. The van der Waals surface area contributed by atoms with E-state index in [0.29, 0.717) is 38.6 Å². The van der Waals surface area contributed by atoms with Gasteiger partial charge in [-0.05, 0) is 60.9 Å². The van der Waals surface area contributed by atoms with E-state index < -0.39 is 0 Å². The molecule has 7 heteroatoms. The first-order valence-electron chi connectivity index (χ1n) is 10.2. The van der Waals surface area contributed by atoms with Crippen LogP contribution >= 0.6 is 0 Å². The summed E-state index contributed by atoms with van der Waals surface area (Å²) in [5.41, 5.74) is 2.42. The van der Waals surface area contributed by atoms with E-state index in [0.717, 1.165) is 30.2 Å². The van der Waals surface area contributed by atoms with Gasteiger partial charge < -0.3 is 24.3 Å². The highest BCUT2D eigenvalue weighted by Crippen LogP contribution is 2.33. The van der Waals surface area contributed by atoms with Crippen LogP contribution in [0.25, 0.3) is 0 Å². The van der Waals surface area contributed by atoms with E-state index in [2.05, 4.69) is 10.2 Å². The van der Waals surface area contributed by atoms with Crippen molar-refractivity contribution in [2.45, 2.75) is 19.9 Å². The monoisotopic (exact) mass is 414 g/mol. The van der Waals surface area contributed by atoms with Gasteiger partial charge in [0, 0.05) is 13.1 Å². The summed E-state index contributed by atoms with van der Waals surface area (Å²) in [6, 6.07) is 11.5. The van der Waals surface area contributed by atoms with Crippen molar-refractivity contribution >= 4 is 5.91 Å². The Bertz CT molecular complexity index is 838. The fraction of sp³-hybridized carbons (Fsp3) is 0.435. The molecule has 1 N–H and O–H groups in total. The number of fused-ring (bicyclic) bond motifs is 1. The van der Waals surface area contributed by atoms with Gasteiger partial charge in [-0.1, -0.05) is 0 Å². The first-order valence-corrected chi connectivity index (χ1v) is 10.2. The molecule has 30 heavy (non-hydrogen) atoms. The molecule has 1 heterocycles. The fourth-order valence-corrected chi connectivity index (χ4v) is 3.49. The Kier molecular flexibility index (Phi) is 7.79. The lowest BCUT2D eigenvalue weighted by Crippen LogP contribution is -2.41. The third-order valence-corrected chi connectivity index (χ3v) is 4.99. The predicted molar refractivity (Wildman–Crippen MR) is 115 cm³/mol. The molecule has 0 radical (unpaired) electrons. The third-order valence-electron chi connectivity index (χ3n) is 4.99. The summed E-state index contributed by atoms with van der Waals surface area (Å²) in [5.74, 6) is 3.03. The number of carbonyl (C=O) groups is 1. The molecule has 0 aliphatic carbocycles. The lowest BCUT2D eigenvalue weighted by Gasteiger charge is -2.29. The smallest absolute Gasteiger partial charge is 0.234 e. The Morgan fingerprint density at radius 2 is 1.63 bits per heavy atom. The van der Waals surface area contributed by atoms with E-state index in [1.54, 1.807) is 14.2 Å². The Labute approximate surface area is 177 Å². The maximum absolute atomic E-state index is 12.3. The zero-order valence-corrected chi connectivity index (χ0v) is 17.9. The van der Waals surface area contributed by atoms with Crippen LogP contribution in [0.5, 0.6) is 23.0 Å². The first-order chi connectivity index (χ1) is 14.6. The van der Waals surface area contributed by atoms with Gasteiger partial charge in [-0.2, -0.15) is 0 Å². The summed E-state index contributed by atoms with van der Waals surface area (Å²) in [7, 11) is 3.27.